The van der Waals surface area contributed by atoms with Gasteiger partial charge in [-0.2, -0.15) is 0 Å². The number of benzene rings is 8. The zero-order valence-corrected chi connectivity index (χ0v) is 66.2. The zero-order chi connectivity index (χ0) is 77.2. The molecule has 6 aliphatic rings. The summed E-state index contributed by atoms with van der Waals surface area (Å²) in [5, 5.41) is 41.2. The van der Waals surface area contributed by atoms with Gasteiger partial charge in [-0.05, 0) is 250 Å². The smallest absolute Gasteiger partial charge is 0.163 e. The molecule has 8 aromatic carbocycles. The molecule has 5 N–H and O–H groups in total. The van der Waals surface area contributed by atoms with Crippen LogP contribution >= 0.6 is 0 Å². The first-order chi connectivity index (χ1) is 53.1. The van der Waals surface area contributed by atoms with E-state index in [0.717, 1.165) is 174 Å². The summed E-state index contributed by atoms with van der Waals surface area (Å²) in [5.74, 6) is 0.866. The minimum absolute atomic E-state index is 0.0276. The fourth-order valence-corrected chi connectivity index (χ4v) is 19.0. The van der Waals surface area contributed by atoms with E-state index in [-0.39, 0.29) is 17.3 Å². The summed E-state index contributed by atoms with van der Waals surface area (Å²) >= 11 is 0. The van der Waals surface area contributed by atoms with Crippen molar-refractivity contribution in [1.82, 2.24) is 39.1 Å². The lowest BCUT2D eigenvalue weighted by Crippen LogP contribution is -2.26. The number of phenols is 2. The molecule has 4 aromatic heterocycles. The van der Waals surface area contributed by atoms with Gasteiger partial charge in [0.15, 0.2) is 23.1 Å². The van der Waals surface area contributed by atoms with Gasteiger partial charge in [0.2, 0.25) is 0 Å². The molecule has 4 heterocycles. The van der Waals surface area contributed by atoms with Crippen LogP contribution in [0.3, 0.4) is 0 Å². The van der Waals surface area contributed by atoms with E-state index in [9.17, 15) is 29.4 Å². The van der Waals surface area contributed by atoms with Gasteiger partial charge < -0.3 is 49.3 Å². The van der Waals surface area contributed by atoms with Crippen molar-refractivity contribution in [2.75, 3.05) is 45.8 Å². The molecule has 0 saturated carbocycles. The number of fused-ring (bicyclic) bond motifs is 24. The summed E-state index contributed by atoms with van der Waals surface area (Å²) in [6.07, 6.45) is 13.2. The first-order valence-electron chi connectivity index (χ1n) is 40.6. The molecule has 18 rings (SSSR count). The SMILES string of the molecule is C=C(C)c1cc2c3cc(C(C)=O)c(O)cc3n(CCNC(C)C)c2cc1O.C=C1CCc2c1ccc1c2c2c3c(ccc2n1CCCNCCC)C(=O)CC3.C=C1CCc2c1ccc1c2c2c3c(ccc2n1CCN(CC)CC)C(=O)CC3.C=C1CCc2c1ccc1c2c2c3c(ccc2n1CCNC(C)C)C(=O)CC3. The topological polar surface area (TPSA) is 168 Å². The standard InChI is InChI=1S/2C25H28N2O.C24H26N2O.C22H26N2O3/c1-4-26(5-2)14-15-27-21-11-8-17-16(3)6-7-19(17)24(21)25-20-10-13-23(28)18(20)9-12-22(25)27;1-3-13-26-14-4-15-27-21-10-7-17-16(2)5-6-19(17)24(21)25-20-9-12-23(28)18(20)8-11-22(25)27;1-14(2)25-12-13-26-20-9-6-16-15(3)4-5-18(16)23(20)24-19-8-11-22(27)17(19)7-10-21(24)26;1-12(2)15-8-17-18-9-16(14(5)25)22(27)11-20(18)24(7-6-23-13(3)4)19(17)10-21(15)26/h8-9,11-12H,3-7,10,13-15H2,1-2H3;7-8,10-11,26H,2-6,9,12-15H2,1H3;6-7,9-10,14,25H,3-5,8,11-13H2,1-2H3;8-11,13,23,26-27H,1,6-7H2,2-5H3. The second kappa shape index (κ2) is 31.1. The van der Waals surface area contributed by atoms with Crippen LogP contribution in [0.4, 0.5) is 0 Å². The number of aromatic hydroxyl groups is 2. The van der Waals surface area contributed by atoms with E-state index < -0.39 is 0 Å². The molecular formula is C96H108N8O6. The molecule has 12 aromatic rings. The van der Waals surface area contributed by atoms with E-state index in [0.29, 0.717) is 66.4 Å². The molecule has 0 spiro atoms. The third-order valence-electron chi connectivity index (χ3n) is 24.5. The summed E-state index contributed by atoms with van der Waals surface area (Å²) < 4.78 is 9.49. The van der Waals surface area contributed by atoms with Crippen molar-refractivity contribution < 1.29 is 29.4 Å². The number of phenolic OH excluding ortho intramolecular Hbond substituents is 2. The predicted molar refractivity (Wildman–Crippen MR) is 458 cm³/mol. The quantitative estimate of drug-likeness (QED) is 0.0345. The molecule has 0 fully saturated rings. The van der Waals surface area contributed by atoms with E-state index in [1.807, 2.05) is 13.0 Å². The molecule has 14 nitrogen and oxygen atoms in total. The van der Waals surface area contributed by atoms with Crippen LogP contribution in [0, 0.1) is 0 Å². The highest BCUT2D eigenvalue weighted by Crippen LogP contribution is 2.48. The van der Waals surface area contributed by atoms with Crippen molar-refractivity contribution >= 4 is 133 Å². The molecule has 568 valence electrons. The molecule has 0 aliphatic heterocycles. The van der Waals surface area contributed by atoms with Gasteiger partial charge in [-0.25, -0.2) is 0 Å². The minimum atomic E-state index is -0.185. The van der Waals surface area contributed by atoms with E-state index in [1.54, 1.807) is 18.2 Å². The Hall–Kier alpha value is -9.96. The lowest BCUT2D eigenvalue weighted by molar-refractivity contribution is 0.0986. The maximum absolute atomic E-state index is 12.4. The number of nitrogens with zero attached hydrogens (tertiary/aromatic N) is 5. The second-order valence-electron chi connectivity index (χ2n) is 32.1. The van der Waals surface area contributed by atoms with E-state index in [2.05, 4.69) is 187 Å². The van der Waals surface area contributed by atoms with E-state index in [1.165, 1.54) is 146 Å². The number of likely N-dealkylation sites (N-methyl/N-ethyl adjacent to an activating group) is 1. The Balaban J connectivity index is 0.000000117. The summed E-state index contributed by atoms with van der Waals surface area (Å²) in [7, 11) is 0. The van der Waals surface area contributed by atoms with E-state index >= 15 is 0 Å². The van der Waals surface area contributed by atoms with Crippen LogP contribution in [-0.4, -0.2) is 114 Å². The van der Waals surface area contributed by atoms with Gasteiger partial charge in [-0.1, -0.05) is 93.0 Å². The zero-order valence-electron chi connectivity index (χ0n) is 66.2. The number of rotatable bonds is 21. The van der Waals surface area contributed by atoms with E-state index in [4.69, 9.17) is 0 Å². The molecule has 0 saturated heterocycles. The van der Waals surface area contributed by atoms with Crippen molar-refractivity contribution in [3.05, 3.63) is 201 Å². The number of ketones is 4. The number of carbonyl (C=O) groups excluding carboxylic acids is 4. The Labute approximate surface area is 646 Å². The predicted octanol–water partition coefficient (Wildman–Crippen LogP) is 19.8. The van der Waals surface area contributed by atoms with Crippen LogP contribution in [-0.2, 0) is 64.7 Å². The summed E-state index contributed by atoms with van der Waals surface area (Å²) in [6.45, 7) is 45.9. The van der Waals surface area contributed by atoms with Crippen LogP contribution in [0.5, 0.6) is 11.5 Å². The Bertz CT molecular complexity index is 5530. The van der Waals surface area contributed by atoms with Crippen molar-refractivity contribution in [2.45, 2.75) is 190 Å². The van der Waals surface area contributed by atoms with Crippen LogP contribution in [0.2, 0.25) is 0 Å². The fraction of sp³-hybridized carbons (Fsp3) is 0.375. The number of aromatic nitrogens is 4. The highest BCUT2D eigenvalue weighted by atomic mass is 16.3. The minimum Gasteiger partial charge on any atom is -0.507 e. The van der Waals surface area contributed by atoms with Crippen molar-refractivity contribution in [2.24, 2.45) is 0 Å². The number of nitrogens with one attached hydrogen (secondary N) is 3. The van der Waals surface area contributed by atoms with Gasteiger partial charge in [0, 0.05) is 188 Å². The second-order valence-corrected chi connectivity index (χ2v) is 32.1. The molecule has 0 radical (unpaired) electrons. The third-order valence-corrected chi connectivity index (χ3v) is 24.5. The Kier molecular flexibility index (Phi) is 21.3. The van der Waals surface area contributed by atoms with Crippen LogP contribution < -0.4 is 16.0 Å². The number of hydrogen-bond acceptors (Lipinski definition) is 10. The Morgan fingerprint density at radius 3 is 1.10 bits per heavy atom. The molecule has 0 bridgehead atoms. The van der Waals surface area contributed by atoms with Gasteiger partial charge in [-0.3, -0.25) is 19.2 Å². The molecule has 0 unspecified atom stereocenters. The molecule has 0 atom stereocenters. The Morgan fingerprint density at radius 2 is 0.745 bits per heavy atom. The first-order valence-corrected chi connectivity index (χ1v) is 40.6. The fourth-order valence-electron chi connectivity index (χ4n) is 19.0. The molecular weight excluding hydrogens is 1360 g/mol. The average molecular weight is 1470 g/mol. The molecule has 6 aliphatic carbocycles. The summed E-state index contributed by atoms with van der Waals surface area (Å²) in [4.78, 5) is 51.5. The van der Waals surface area contributed by atoms with Gasteiger partial charge in [0.05, 0.1) is 16.6 Å². The van der Waals surface area contributed by atoms with Crippen LogP contribution in [0.1, 0.15) is 211 Å². The third kappa shape index (κ3) is 13.4. The van der Waals surface area contributed by atoms with Crippen molar-refractivity contribution in [1.29, 1.82) is 0 Å². The van der Waals surface area contributed by atoms with Crippen LogP contribution in [0.15, 0.2) is 123 Å². The largest absolute Gasteiger partial charge is 0.507 e. The number of carbonyl (C=O) groups is 4. The van der Waals surface area contributed by atoms with Crippen LogP contribution in [0.25, 0.3) is 110 Å². The number of allylic oxidation sites excluding steroid dienone is 4. The van der Waals surface area contributed by atoms with Gasteiger partial charge in [0.25, 0.3) is 0 Å². The highest BCUT2D eigenvalue weighted by Gasteiger charge is 2.33. The maximum atomic E-state index is 12.4. The highest BCUT2D eigenvalue weighted by molar-refractivity contribution is 6.20. The summed E-state index contributed by atoms with van der Waals surface area (Å²) in [5.41, 5.74) is 30.0. The van der Waals surface area contributed by atoms with Gasteiger partial charge >= 0.3 is 0 Å². The molecule has 0 amide bonds. The number of aryl methyl sites for hydroxylation is 7. The maximum Gasteiger partial charge on any atom is 0.163 e. The molecule has 14 heteroatoms. The lowest BCUT2D eigenvalue weighted by atomic mass is 9.97. The van der Waals surface area contributed by atoms with Crippen molar-refractivity contribution in [3.8, 4) is 11.5 Å². The van der Waals surface area contributed by atoms with Gasteiger partial charge in [0.1, 0.15) is 11.5 Å². The normalized spacial score (nSPS) is 14.9. The lowest BCUT2D eigenvalue weighted by Gasteiger charge is -2.19. The monoisotopic (exact) mass is 1470 g/mol. The van der Waals surface area contributed by atoms with Gasteiger partial charge in [-0.15, -0.1) is 0 Å². The number of hydrogen-bond donors (Lipinski definition) is 5. The van der Waals surface area contributed by atoms with Crippen molar-refractivity contribution in [3.63, 3.8) is 0 Å². The Morgan fingerprint density at radius 1 is 0.418 bits per heavy atom. The first kappa shape index (κ1) is 75.5. The molecule has 110 heavy (non-hydrogen) atoms. The summed E-state index contributed by atoms with van der Waals surface area (Å²) in [6, 6.07) is 34.2. The number of Topliss-reactive ketones (excluding diaryl/α,β-unsaturated/α-hetero) is 4. The average Bonchev–Trinajstić information content (AvgIpc) is 1.58.